The Morgan fingerprint density at radius 2 is 2.08 bits per heavy atom. The molecule has 0 aromatic heterocycles. The van der Waals surface area contributed by atoms with Gasteiger partial charge in [0.15, 0.2) is 0 Å². The van der Waals surface area contributed by atoms with E-state index in [1.807, 2.05) is 0 Å². The Labute approximate surface area is 143 Å². The Balaban J connectivity index is 2.15. The Bertz CT molecular complexity index is 862. The molecular weight excluding hydrogens is 331 g/mol. The lowest BCUT2D eigenvalue weighted by molar-refractivity contribution is -0.134. The Kier molecular flexibility index (Phi) is 4.62. The first-order chi connectivity index (χ1) is 11.6. The molecule has 2 aromatic rings. The summed E-state index contributed by atoms with van der Waals surface area (Å²) in [7, 11) is 1.30. The van der Waals surface area contributed by atoms with Gasteiger partial charge in [0.05, 0.1) is 19.4 Å². The summed E-state index contributed by atoms with van der Waals surface area (Å²) in [5, 5.41) is 3.65. The van der Waals surface area contributed by atoms with Crippen LogP contribution in [0.15, 0.2) is 59.2 Å². The largest absolute Gasteiger partial charge is 0.466 e. The number of halogens is 2. The fraction of sp³-hybridized carbons (Fsp3) is 0.111. The number of hydrogen-bond donors (Lipinski definition) is 1. The van der Waals surface area contributed by atoms with E-state index in [0.717, 1.165) is 0 Å². The van der Waals surface area contributed by atoms with E-state index in [9.17, 15) is 9.18 Å². The van der Waals surface area contributed by atoms with Crippen LogP contribution in [0.3, 0.4) is 0 Å². The summed E-state index contributed by atoms with van der Waals surface area (Å²) in [5.41, 5.74) is 2.76. The van der Waals surface area contributed by atoms with Gasteiger partial charge in [0, 0.05) is 33.6 Å². The molecule has 0 aliphatic carbocycles. The minimum absolute atomic E-state index is 0.186. The van der Waals surface area contributed by atoms with Crippen molar-refractivity contribution < 1.29 is 13.9 Å². The first-order valence-electron chi connectivity index (χ1n) is 7.23. The second kappa shape index (κ2) is 6.84. The van der Waals surface area contributed by atoms with Gasteiger partial charge < -0.3 is 10.1 Å². The maximum Gasteiger partial charge on any atom is 0.332 e. The van der Waals surface area contributed by atoms with E-state index < -0.39 is 5.97 Å². The van der Waals surface area contributed by atoms with Crippen LogP contribution in [0.25, 0.3) is 0 Å². The molecule has 4 nitrogen and oxygen atoms in total. The number of nitrogens with one attached hydrogen (secondary N) is 1. The lowest BCUT2D eigenvalue weighted by atomic mass is 10.00. The molecule has 0 spiro atoms. The van der Waals surface area contributed by atoms with Gasteiger partial charge in [-0.2, -0.15) is 0 Å². The van der Waals surface area contributed by atoms with Gasteiger partial charge in [-0.3, -0.25) is 4.99 Å². The predicted octanol–water partition coefficient (Wildman–Crippen LogP) is 3.80. The summed E-state index contributed by atoms with van der Waals surface area (Å²) in [6, 6.07) is 11.6. The molecule has 122 valence electrons. The molecule has 1 aliphatic rings. The van der Waals surface area contributed by atoms with Crippen molar-refractivity contribution >= 4 is 29.0 Å². The van der Waals surface area contributed by atoms with E-state index >= 15 is 0 Å². The van der Waals surface area contributed by atoms with Crippen LogP contribution in [0.4, 0.5) is 10.1 Å². The lowest BCUT2D eigenvalue weighted by Gasteiger charge is -2.12. The van der Waals surface area contributed by atoms with Gasteiger partial charge in [0.2, 0.25) is 0 Å². The van der Waals surface area contributed by atoms with E-state index in [1.165, 1.54) is 19.3 Å². The normalized spacial score (nSPS) is 15.1. The molecule has 2 aromatic carbocycles. The molecule has 0 unspecified atom stereocenters. The van der Waals surface area contributed by atoms with Crippen molar-refractivity contribution in [2.24, 2.45) is 4.99 Å². The molecule has 0 saturated carbocycles. The van der Waals surface area contributed by atoms with Crippen LogP contribution in [0, 0.1) is 5.82 Å². The van der Waals surface area contributed by atoms with Crippen LogP contribution < -0.4 is 5.32 Å². The summed E-state index contributed by atoms with van der Waals surface area (Å²) >= 11 is 6.10. The Morgan fingerprint density at radius 1 is 1.29 bits per heavy atom. The quantitative estimate of drug-likeness (QED) is 0.666. The highest BCUT2D eigenvalue weighted by atomic mass is 35.5. The number of carbonyl (C=O) groups excluding carboxylic acids is 1. The molecule has 6 heteroatoms. The SMILES string of the molecule is COC(=O)C=C1CN=C(c2ccccc2F)c2cc(Cl)ccc2N1. The van der Waals surface area contributed by atoms with Gasteiger partial charge in [-0.05, 0) is 30.3 Å². The van der Waals surface area contributed by atoms with Crippen molar-refractivity contribution in [3.05, 3.63) is 76.2 Å². The van der Waals surface area contributed by atoms with Crippen molar-refractivity contribution in [1.82, 2.24) is 0 Å². The monoisotopic (exact) mass is 344 g/mol. The molecule has 1 aliphatic heterocycles. The predicted molar refractivity (Wildman–Crippen MR) is 92.1 cm³/mol. The third kappa shape index (κ3) is 3.31. The average molecular weight is 345 g/mol. The van der Waals surface area contributed by atoms with Crippen molar-refractivity contribution in [2.45, 2.75) is 0 Å². The van der Waals surface area contributed by atoms with Crippen molar-refractivity contribution in [3.8, 4) is 0 Å². The number of carbonyl (C=O) groups is 1. The second-order valence-electron chi connectivity index (χ2n) is 5.15. The number of benzodiazepines with no additional fused rings is 1. The number of anilines is 1. The molecular formula is C18H14ClFN2O2. The molecule has 3 rings (SSSR count). The summed E-state index contributed by atoms with van der Waals surface area (Å²) < 4.78 is 18.9. The number of esters is 1. The second-order valence-corrected chi connectivity index (χ2v) is 5.59. The molecule has 1 N–H and O–H groups in total. The Hall–Kier alpha value is -2.66. The number of fused-ring (bicyclic) bond motifs is 1. The van der Waals surface area contributed by atoms with E-state index in [4.69, 9.17) is 11.6 Å². The van der Waals surface area contributed by atoms with Crippen molar-refractivity contribution in [1.29, 1.82) is 0 Å². The summed E-state index contributed by atoms with van der Waals surface area (Å²) in [6.07, 6.45) is 1.33. The molecule has 0 radical (unpaired) electrons. The third-order valence-electron chi connectivity index (χ3n) is 3.56. The zero-order valence-electron chi connectivity index (χ0n) is 12.8. The van der Waals surface area contributed by atoms with Crippen molar-refractivity contribution in [3.63, 3.8) is 0 Å². The summed E-state index contributed by atoms with van der Waals surface area (Å²) in [4.78, 5) is 16.0. The number of methoxy groups -OCH3 is 1. The van der Waals surface area contributed by atoms with Crippen molar-refractivity contribution in [2.75, 3.05) is 19.0 Å². The highest BCUT2D eigenvalue weighted by molar-refractivity contribution is 6.31. The summed E-state index contributed by atoms with van der Waals surface area (Å²) in [5.74, 6) is -0.861. The maximum atomic E-state index is 14.2. The molecule has 0 atom stereocenters. The fourth-order valence-corrected chi connectivity index (χ4v) is 2.62. The molecule has 0 amide bonds. The van der Waals surface area contributed by atoms with E-state index in [-0.39, 0.29) is 12.4 Å². The average Bonchev–Trinajstić information content (AvgIpc) is 2.74. The maximum absolute atomic E-state index is 14.2. The van der Waals surface area contributed by atoms with Gasteiger partial charge in [-0.25, -0.2) is 9.18 Å². The van der Waals surface area contributed by atoms with Gasteiger partial charge in [0.25, 0.3) is 0 Å². The first kappa shape index (κ1) is 16.2. The minimum atomic E-state index is -0.488. The third-order valence-corrected chi connectivity index (χ3v) is 3.80. The van der Waals surface area contributed by atoms with Crippen LogP contribution in [0.5, 0.6) is 0 Å². The number of hydrogen-bond acceptors (Lipinski definition) is 4. The van der Waals surface area contributed by atoms with Crippen LogP contribution >= 0.6 is 11.6 Å². The molecule has 0 bridgehead atoms. The molecule has 0 fully saturated rings. The smallest absolute Gasteiger partial charge is 0.332 e. The topological polar surface area (TPSA) is 50.7 Å². The highest BCUT2D eigenvalue weighted by Gasteiger charge is 2.19. The number of rotatable bonds is 2. The minimum Gasteiger partial charge on any atom is -0.466 e. The number of nitrogens with zero attached hydrogens (tertiary/aromatic N) is 1. The van der Waals surface area contributed by atoms with Gasteiger partial charge in [-0.15, -0.1) is 0 Å². The van der Waals surface area contributed by atoms with E-state index in [0.29, 0.717) is 33.2 Å². The molecule has 1 heterocycles. The lowest BCUT2D eigenvalue weighted by Crippen LogP contribution is -2.07. The standard InChI is InChI=1S/C18H14ClFN2O2/c1-24-17(23)9-12-10-21-18(13-4-2-3-5-15(13)20)14-8-11(19)6-7-16(14)22-12/h2-9,22H,10H2,1H3. The van der Waals surface area contributed by atoms with Crippen LogP contribution in [-0.2, 0) is 9.53 Å². The van der Waals surface area contributed by atoms with Crippen LogP contribution in [0.2, 0.25) is 5.02 Å². The summed E-state index contributed by atoms with van der Waals surface area (Å²) in [6.45, 7) is 0.186. The van der Waals surface area contributed by atoms with E-state index in [2.05, 4.69) is 15.0 Å². The fourth-order valence-electron chi connectivity index (χ4n) is 2.45. The van der Waals surface area contributed by atoms with Gasteiger partial charge >= 0.3 is 5.97 Å². The van der Waals surface area contributed by atoms with Gasteiger partial charge in [-0.1, -0.05) is 23.7 Å². The highest BCUT2D eigenvalue weighted by Crippen LogP contribution is 2.28. The Morgan fingerprint density at radius 3 is 2.83 bits per heavy atom. The zero-order valence-corrected chi connectivity index (χ0v) is 13.6. The number of benzene rings is 2. The van der Waals surface area contributed by atoms with Crippen LogP contribution in [0.1, 0.15) is 11.1 Å². The number of aliphatic imine (C=N–C) groups is 1. The zero-order chi connectivity index (χ0) is 17.1. The number of ether oxygens (including phenoxy) is 1. The van der Waals surface area contributed by atoms with E-state index in [1.54, 1.807) is 36.4 Å². The first-order valence-corrected chi connectivity index (χ1v) is 7.61. The molecule has 0 saturated heterocycles. The van der Waals surface area contributed by atoms with Crippen LogP contribution in [-0.4, -0.2) is 25.3 Å². The van der Waals surface area contributed by atoms with Gasteiger partial charge in [0.1, 0.15) is 5.82 Å². The molecule has 24 heavy (non-hydrogen) atoms.